The Labute approximate surface area is 148 Å². The Morgan fingerprint density at radius 3 is 2.36 bits per heavy atom. The maximum absolute atomic E-state index is 12.8. The number of ketones is 1. The van der Waals surface area contributed by atoms with Crippen molar-refractivity contribution in [1.29, 1.82) is 5.26 Å². The van der Waals surface area contributed by atoms with Crippen LogP contribution in [-0.2, 0) is 9.59 Å². The lowest BCUT2D eigenvalue weighted by Gasteiger charge is -2.39. The van der Waals surface area contributed by atoms with Gasteiger partial charge in [-0.3, -0.25) is 9.59 Å². The smallest absolute Gasteiger partial charge is 0.242 e. The Hall–Kier alpha value is -2.61. The fraction of sp³-hybridized carbons (Fsp3) is 0.450. The molecule has 1 amide bonds. The van der Waals surface area contributed by atoms with E-state index < -0.39 is 11.8 Å². The third kappa shape index (κ3) is 3.05. The van der Waals surface area contributed by atoms with E-state index in [2.05, 4.69) is 11.4 Å². The van der Waals surface area contributed by atoms with Gasteiger partial charge in [0.25, 0.3) is 0 Å². The highest BCUT2D eigenvalue weighted by atomic mass is 16.2. The van der Waals surface area contributed by atoms with Crippen molar-refractivity contribution in [3.63, 3.8) is 0 Å². The van der Waals surface area contributed by atoms with Gasteiger partial charge < -0.3 is 10.2 Å². The Balaban J connectivity index is 2.11. The van der Waals surface area contributed by atoms with Crippen LogP contribution >= 0.6 is 0 Å². The van der Waals surface area contributed by atoms with Gasteiger partial charge in [0.15, 0.2) is 5.78 Å². The molecule has 0 bridgehead atoms. The number of hydrogen-bond donors (Lipinski definition) is 1. The van der Waals surface area contributed by atoms with Crippen molar-refractivity contribution in [2.24, 2.45) is 11.3 Å². The number of amides is 1. The van der Waals surface area contributed by atoms with Gasteiger partial charge in [-0.15, -0.1) is 0 Å². The van der Waals surface area contributed by atoms with E-state index >= 15 is 0 Å². The summed E-state index contributed by atoms with van der Waals surface area (Å²) in [5, 5.41) is 12.4. The van der Waals surface area contributed by atoms with E-state index in [1.807, 2.05) is 57.1 Å². The number of anilines is 1. The molecule has 1 aliphatic heterocycles. The highest BCUT2D eigenvalue weighted by Crippen LogP contribution is 2.45. The van der Waals surface area contributed by atoms with Gasteiger partial charge in [-0.25, -0.2) is 0 Å². The monoisotopic (exact) mass is 337 g/mol. The van der Waals surface area contributed by atoms with Crippen molar-refractivity contribution in [3.8, 4) is 6.07 Å². The highest BCUT2D eigenvalue weighted by molar-refractivity contribution is 6.03. The number of benzene rings is 1. The van der Waals surface area contributed by atoms with E-state index in [0.29, 0.717) is 24.1 Å². The first kappa shape index (κ1) is 17.2. The van der Waals surface area contributed by atoms with Gasteiger partial charge >= 0.3 is 0 Å². The van der Waals surface area contributed by atoms with Crippen LogP contribution < -0.4 is 10.2 Å². The number of Topliss-reactive ketones (excluding diaryl/α,β-unsaturated/α-hetero) is 1. The first-order chi connectivity index (χ1) is 11.7. The summed E-state index contributed by atoms with van der Waals surface area (Å²) in [6.07, 6.45) is 1.08. The molecular weight excluding hydrogens is 314 g/mol. The standard InChI is InChI=1S/C20H23N3O2/c1-20(2)9-15-18(16(24)10-20)17(14(11-21)19(25)22-15)12-5-7-13(8-6-12)23(3)4/h5-8,14,17H,9-10H2,1-4H3,(H,22,25). The maximum atomic E-state index is 12.8. The quantitative estimate of drug-likeness (QED) is 0.900. The molecule has 0 saturated carbocycles. The summed E-state index contributed by atoms with van der Waals surface area (Å²) in [4.78, 5) is 27.3. The first-order valence-electron chi connectivity index (χ1n) is 8.47. The molecule has 1 N–H and O–H groups in total. The molecule has 1 aromatic carbocycles. The molecule has 130 valence electrons. The van der Waals surface area contributed by atoms with E-state index in [4.69, 9.17) is 0 Å². The summed E-state index contributed by atoms with van der Waals surface area (Å²) in [6.45, 7) is 4.05. The predicted molar refractivity (Wildman–Crippen MR) is 95.8 cm³/mol. The molecule has 5 heteroatoms. The van der Waals surface area contributed by atoms with Crippen molar-refractivity contribution >= 4 is 17.4 Å². The summed E-state index contributed by atoms with van der Waals surface area (Å²) in [5.74, 6) is -1.65. The number of hydrogen-bond acceptors (Lipinski definition) is 4. The Morgan fingerprint density at radius 2 is 1.80 bits per heavy atom. The minimum Gasteiger partial charge on any atom is -0.378 e. The molecular formula is C20H23N3O2. The average Bonchev–Trinajstić information content (AvgIpc) is 2.52. The highest BCUT2D eigenvalue weighted by Gasteiger charge is 2.45. The second-order valence-electron chi connectivity index (χ2n) is 7.89. The number of carbonyl (C=O) groups is 2. The van der Waals surface area contributed by atoms with Crippen LogP contribution in [0.15, 0.2) is 35.5 Å². The first-order valence-corrected chi connectivity index (χ1v) is 8.47. The van der Waals surface area contributed by atoms with E-state index in [0.717, 1.165) is 11.3 Å². The number of nitrogens with zero attached hydrogens (tertiary/aromatic N) is 2. The molecule has 2 unspecified atom stereocenters. The van der Waals surface area contributed by atoms with Crippen LogP contribution in [0.25, 0.3) is 0 Å². The molecule has 0 fully saturated rings. The van der Waals surface area contributed by atoms with Gasteiger partial charge in [-0.2, -0.15) is 5.26 Å². The van der Waals surface area contributed by atoms with E-state index in [1.165, 1.54) is 0 Å². The van der Waals surface area contributed by atoms with E-state index in [9.17, 15) is 14.9 Å². The lowest BCUT2D eigenvalue weighted by atomic mass is 9.67. The molecule has 2 aliphatic rings. The minimum absolute atomic E-state index is 0.0354. The molecule has 1 heterocycles. The molecule has 0 saturated heterocycles. The van der Waals surface area contributed by atoms with Gasteiger partial charge in [-0.05, 0) is 29.5 Å². The summed E-state index contributed by atoms with van der Waals surface area (Å²) in [6, 6.07) is 9.84. The number of nitrogens with one attached hydrogen (secondary N) is 1. The largest absolute Gasteiger partial charge is 0.378 e. The van der Waals surface area contributed by atoms with Crippen molar-refractivity contribution < 1.29 is 9.59 Å². The maximum Gasteiger partial charge on any atom is 0.242 e. The van der Waals surface area contributed by atoms with Gasteiger partial charge in [0, 0.05) is 43.4 Å². The summed E-state index contributed by atoms with van der Waals surface area (Å²) in [7, 11) is 3.91. The van der Waals surface area contributed by atoms with Gasteiger partial charge in [0.05, 0.1) is 6.07 Å². The van der Waals surface area contributed by atoms with Gasteiger partial charge in [0.1, 0.15) is 5.92 Å². The number of nitriles is 1. The van der Waals surface area contributed by atoms with Crippen molar-refractivity contribution in [2.45, 2.75) is 32.6 Å². The predicted octanol–water partition coefficient (Wildman–Crippen LogP) is 2.75. The second-order valence-corrected chi connectivity index (χ2v) is 7.89. The lowest BCUT2D eigenvalue weighted by molar-refractivity contribution is -0.125. The topological polar surface area (TPSA) is 73.2 Å². The van der Waals surface area contributed by atoms with Gasteiger partial charge in [0.2, 0.25) is 5.91 Å². The Bertz CT molecular complexity index is 797. The molecule has 1 aromatic rings. The van der Waals surface area contributed by atoms with Crippen LogP contribution in [0.1, 0.15) is 38.2 Å². The summed E-state index contributed by atoms with van der Waals surface area (Å²) >= 11 is 0. The fourth-order valence-corrected chi connectivity index (χ4v) is 3.82. The SMILES string of the molecule is CN(C)c1ccc(C2C3=C(CC(C)(C)CC3=O)NC(=O)C2C#N)cc1. The Morgan fingerprint density at radius 1 is 1.16 bits per heavy atom. The van der Waals surface area contributed by atoms with Crippen molar-refractivity contribution in [1.82, 2.24) is 5.32 Å². The van der Waals surface area contributed by atoms with Crippen LogP contribution in [-0.4, -0.2) is 25.8 Å². The van der Waals surface area contributed by atoms with Crippen LogP contribution in [0.4, 0.5) is 5.69 Å². The molecule has 25 heavy (non-hydrogen) atoms. The molecule has 3 rings (SSSR count). The van der Waals surface area contributed by atoms with Crippen LogP contribution in [0.2, 0.25) is 0 Å². The van der Waals surface area contributed by atoms with Crippen LogP contribution in [0.5, 0.6) is 0 Å². The summed E-state index contributed by atoms with van der Waals surface area (Å²) in [5.41, 5.74) is 3.00. The third-order valence-corrected chi connectivity index (χ3v) is 5.03. The Kier molecular flexibility index (Phi) is 4.16. The van der Waals surface area contributed by atoms with Crippen LogP contribution in [0, 0.1) is 22.7 Å². The second kappa shape index (κ2) is 6.03. The molecule has 0 radical (unpaired) electrons. The zero-order valence-electron chi connectivity index (χ0n) is 15.1. The third-order valence-electron chi connectivity index (χ3n) is 5.03. The molecule has 0 aromatic heterocycles. The van der Waals surface area contributed by atoms with E-state index in [1.54, 1.807) is 0 Å². The molecule has 5 nitrogen and oxygen atoms in total. The number of allylic oxidation sites excluding steroid dienone is 2. The average molecular weight is 337 g/mol. The van der Waals surface area contributed by atoms with Crippen LogP contribution in [0.3, 0.4) is 0 Å². The minimum atomic E-state index is -0.880. The zero-order valence-corrected chi connectivity index (χ0v) is 15.1. The normalized spacial score (nSPS) is 25.1. The van der Waals surface area contributed by atoms with Crippen molar-refractivity contribution in [2.75, 3.05) is 19.0 Å². The van der Waals surface area contributed by atoms with Crippen molar-refractivity contribution in [3.05, 3.63) is 41.1 Å². The number of carbonyl (C=O) groups excluding carboxylic acids is 2. The lowest BCUT2D eigenvalue weighted by Crippen LogP contribution is -2.45. The van der Waals surface area contributed by atoms with E-state index in [-0.39, 0.29) is 17.1 Å². The number of rotatable bonds is 2. The molecule has 0 spiro atoms. The molecule has 1 aliphatic carbocycles. The molecule has 2 atom stereocenters. The van der Waals surface area contributed by atoms with Gasteiger partial charge in [-0.1, -0.05) is 26.0 Å². The summed E-state index contributed by atoms with van der Waals surface area (Å²) < 4.78 is 0. The zero-order chi connectivity index (χ0) is 18.4. The fourth-order valence-electron chi connectivity index (χ4n) is 3.82.